The molecule has 24 heavy (non-hydrogen) atoms. The molecule has 126 valence electrons. The average Bonchev–Trinajstić information content (AvgIpc) is 2.63. The monoisotopic (exact) mass is 328 g/mol. The Bertz CT molecular complexity index is 701. The normalized spacial score (nSPS) is 12.0. The van der Waals surface area contributed by atoms with E-state index in [0.29, 0.717) is 17.1 Å². The number of ether oxygens (including phenoxy) is 3. The fraction of sp³-hybridized carbons (Fsp3) is 0.222. The first-order valence-electron chi connectivity index (χ1n) is 7.33. The van der Waals surface area contributed by atoms with Crippen molar-refractivity contribution in [3.8, 4) is 11.5 Å². The van der Waals surface area contributed by atoms with Crippen LogP contribution in [0.25, 0.3) is 0 Å². The standard InChI is InChI=1S/C18H20N2O4/c1-22-15-11-7-10-14(16(15)23-2)12-19-20-18(21)17(24-3)13-8-5-4-6-9-13/h4-12,17H,1-3H3,(H,20,21)/b19-12-/t17-/m0/s1. The van der Waals surface area contributed by atoms with Gasteiger partial charge in [-0.2, -0.15) is 5.10 Å². The Morgan fingerprint density at radius 2 is 1.79 bits per heavy atom. The number of hydrogen-bond acceptors (Lipinski definition) is 5. The zero-order chi connectivity index (χ0) is 17.4. The van der Waals surface area contributed by atoms with Crippen molar-refractivity contribution in [1.82, 2.24) is 5.43 Å². The average molecular weight is 328 g/mol. The van der Waals surface area contributed by atoms with Gasteiger partial charge in [0.1, 0.15) is 0 Å². The highest BCUT2D eigenvalue weighted by atomic mass is 16.5. The number of hydrazone groups is 1. The summed E-state index contributed by atoms with van der Waals surface area (Å²) < 4.78 is 15.8. The molecule has 0 aliphatic rings. The zero-order valence-corrected chi connectivity index (χ0v) is 13.9. The predicted molar refractivity (Wildman–Crippen MR) is 91.5 cm³/mol. The minimum absolute atomic E-state index is 0.359. The summed E-state index contributed by atoms with van der Waals surface area (Å²) in [6.07, 6.45) is 0.771. The molecule has 0 unspecified atom stereocenters. The van der Waals surface area contributed by atoms with E-state index < -0.39 is 6.10 Å². The van der Waals surface area contributed by atoms with Crippen LogP contribution in [0.1, 0.15) is 17.2 Å². The summed E-state index contributed by atoms with van der Waals surface area (Å²) in [6.45, 7) is 0. The second kappa shape index (κ2) is 8.69. The Morgan fingerprint density at radius 3 is 2.42 bits per heavy atom. The first kappa shape index (κ1) is 17.5. The molecular formula is C18H20N2O4. The first-order valence-corrected chi connectivity index (χ1v) is 7.33. The van der Waals surface area contributed by atoms with E-state index in [1.807, 2.05) is 42.5 Å². The summed E-state index contributed by atoms with van der Waals surface area (Å²) in [5.74, 6) is 0.776. The van der Waals surface area contributed by atoms with E-state index in [2.05, 4.69) is 10.5 Å². The fourth-order valence-electron chi connectivity index (χ4n) is 2.26. The quantitative estimate of drug-likeness (QED) is 0.626. The SMILES string of the molecule is COc1cccc(/C=N\NC(=O)[C@@H](OC)c2ccccc2)c1OC. The molecule has 1 amide bonds. The highest BCUT2D eigenvalue weighted by molar-refractivity contribution is 5.87. The summed E-state index contributed by atoms with van der Waals surface area (Å²) in [5.41, 5.74) is 3.92. The second-order valence-corrected chi connectivity index (χ2v) is 4.84. The molecule has 0 aliphatic heterocycles. The number of para-hydroxylation sites is 1. The number of amides is 1. The van der Waals surface area contributed by atoms with Gasteiger partial charge in [0.25, 0.3) is 5.91 Å². The van der Waals surface area contributed by atoms with Crippen LogP contribution in [0.3, 0.4) is 0 Å². The molecule has 0 bridgehead atoms. The first-order chi connectivity index (χ1) is 11.7. The maximum absolute atomic E-state index is 12.2. The molecule has 6 nitrogen and oxygen atoms in total. The summed E-state index contributed by atoms with van der Waals surface area (Å²) in [5, 5.41) is 3.98. The molecule has 0 saturated carbocycles. The Labute approximate surface area is 141 Å². The molecule has 0 aromatic heterocycles. The molecule has 0 aliphatic carbocycles. The molecule has 0 radical (unpaired) electrons. The van der Waals surface area contributed by atoms with Gasteiger partial charge in [0.05, 0.1) is 20.4 Å². The summed E-state index contributed by atoms with van der Waals surface area (Å²) in [4.78, 5) is 12.2. The Balaban J connectivity index is 2.10. The lowest BCUT2D eigenvalue weighted by atomic mass is 10.1. The number of methoxy groups -OCH3 is 3. The maximum Gasteiger partial charge on any atom is 0.273 e. The lowest BCUT2D eigenvalue weighted by Crippen LogP contribution is -2.26. The molecule has 2 aromatic rings. The molecule has 0 saturated heterocycles. The van der Waals surface area contributed by atoms with Crippen LogP contribution >= 0.6 is 0 Å². The van der Waals surface area contributed by atoms with Crippen molar-refractivity contribution < 1.29 is 19.0 Å². The van der Waals surface area contributed by atoms with Crippen LogP contribution in [-0.2, 0) is 9.53 Å². The van der Waals surface area contributed by atoms with Gasteiger partial charge in [-0.05, 0) is 17.7 Å². The van der Waals surface area contributed by atoms with Gasteiger partial charge in [-0.25, -0.2) is 5.43 Å². The van der Waals surface area contributed by atoms with Crippen LogP contribution in [-0.4, -0.2) is 33.5 Å². The van der Waals surface area contributed by atoms with Gasteiger partial charge in [-0.3, -0.25) is 4.79 Å². The van der Waals surface area contributed by atoms with Gasteiger partial charge in [0.2, 0.25) is 0 Å². The van der Waals surface area contributed by atoms with Crippen molar-refractivity contribution >= 4 is 12.1 Å². The smallest absolute Gasteiger partial charge is 0.273 e. The van der Waals surface area contributed by atoms with E-state index in [1.165, 1.54) is 13.3 Å². The van der Waals surface area contributed by atoms with E-state index in [0.717, 1.165) is 5.56 Å². The number of nitrogens with zero attached hydrogens (tertiary/aromatic N) is 1. The molecule has 2 aromatic carbocycles. The van der Waals surface area contributed by atoms with Gasteiger partial charge >= 0.3 is 0 Å². The molecule has 1 N–H and O–H groups in total. The topological polar surface area (TPSA) is 69.2 Å². The van der Waals surface area contributed by atoms with Gasteiger partial charge in [0.15, 0.2) is 17.6 Å². The maximum atomic E-state index is 12.2. The summed E-state index contributed by atoms with van der Waals surface area (Å²) >= 11 is 0. The van der Waals surface area contributed by atoms with Crippen LogP contribution in [0.2, 0.25) is 0 Å². The van der Waals surface area contributed by atoms with Crippen LogP contribution in [0.4, 0.5) is 0 Å². The molecular weight excluding hydrogens is 308 g/mol. The molecule has 2 rings (SSSR count). The van der Waals surface area contributed by atoms with Gasteiger partial charge in [0, 0.05) is 12.7 Å². The third kappa shape index (κ3) is 4.11. The van der Waals surface area contributed by atoms with E-state index in [-0.39, 0.29) is 5.91 Å². The third-order valence-electron chi connectivity index (χ3n) is 3.39. The molecule has 0 heterocycles. The number of hydrogen-bond donors (Lipinski definition) is 1. The van der Waals surface area contributed by atoms with E-state index in [9.17, 15) is 4.79 Å². The molecule has 0 fully saturated rings. The zero-order valence-electron chi connectivity index (χ0n) is 13.9. The Hall–Kier alpha value is -2.86. The van der Waals surface area contributed by atoms with Crippen molar-refractivity contribution in [2.75, 3.05) is 21.3 Å². The van der Waals surface area contributed by atoms with Gasteiger partial charge in [-0.15, -0.1) is 0 Å². The lowest BCUT2D eigenvalue weighted by molar-refractivity contribution is -0.131. The number of nitrogens with one attached hydrogen (secondary N) is 1. The number of rotatable bonds is 7. The number of benzene rings is 2. The van der Waals surface area contributed by atoms with Crippen LogP contribution in [0, 0.1) is 0 Å². The predicted octanol–water partition coefficient (Wildman–Crippen LogP) is 2.54. The van der Waals surface area contributed by atoms with Crippen molar-refractivity contribution in [3.63, 3.8) is 0 Å². The number of carbonyl (C=O) groups is 1. The molecule has 0 spiro atoms. The fourth-order valence-corrected chi connectivity index (χ4v) is 2.26. The minimum atomic E-state index is -0.726. The van der Waals surface area contributed by atoms with Crippen molar-refractivity contribution in [3.05, 3.63) is 59.7 Å². The van der Waals surface area contributed by atoms with Crippen LogP contribution in [0.5, 0.6) is 11.5 Å². The molecule has 6 heteroatoms. The van der Waals surface area contributed by atoms with Crippen molar-refractivity contribution in [2.24, 2.45) is 5.10 Å². The Morgan fingerprint density at radius 1 is 1.04 bits per heavy atom. The Kier molecular flexibility index (Phi) is 6.33. The molecule has 1 atom stereocenters. The van der Waals surface area contributed by atoms with E-state index in [4.69, 9.17) is 14.2 Å². The number of carbonyl (C=O) groups excluding carboxylic acids is 1. The van der Waals surface area contributed by atoms with Crippen LogP contribution < -0.4 is 14.9 Å². The van der Waals surface area contributed by atoms with Crippen molar-refractivity contribution in [1.29, 1.82) is 0 Å². The minimum Gasteiger partial charge on any atom is -0.493 e. The second-order valence-electron chi connectivity index (χ2n) is 4.84. The lowest BCUT2D eigenvalue weighted by Gasteiger charge is -2.13. The highest BCUT2D eigenvalue weighted by Crippen LogP contribution is 2.29. The summed E-state index contributed by atoms with van der Waals surface area (Å²) in [7, 11) is 4.58. The van der Waals surface area contributed by atoms with Crippen molar-refractivity contribution in [2.45, 2.75) is 6.10 Å². The summed E-state index contributed by atoms with van der Waals surface area (Å²) in [6, 6.07) is 14.6. The van der Waals surface area contributed by atoms with Gasteiger partial charge in [-0.1, -0.05) is 36.4 Å². The van der Waals surface area contributed by atoms with E-state index >= 15 is 0 Å². The van der Waals surface area contributed by atoms with Crippen LogP contribution in [0.15, 0.2) is 53.6 Å². The highest BCUT2D eigenvalue weighted by Gasteiger charge is 2.19. The van der Waals surface area contributed by atoms with E-state index in [1.54, 1.807) is 20.3 Å². The van der Waals surface area contributed by atoms with Gasteiger partial charge < -0.3 is 14.2 Å². The largest absolute Gasteiger partial charge is 0.493 e. The third-order valence-corrected chi connectivity index (χ3v) is 3.39.